The van der Waals surface area contributed by atoms with Crippen molar-refractivity contribution in [2.75, 3.05) is 18.1 Å². The second-order valence-electron chi connectivity index (χ2n) is 4.05. The molecule has 1 aromatic rings. The SMILES string of the molecule is C/C=C/CN(C=O)C1=NN(c2ccccc2)CC1. The predicted molar refractivity (Wildman–Crippen MR) is 73.4 cm³/mol. The van der Waals surface area contributed by atoms with Gasteiger partial charge in [-0.1, -0.05) is 30.4 Å². The van der Waals surface area contributed by atoms with E-state index in [4.69, 9.17) is 0 Å². The molecule has 1 heterocycles. The lowest BCUT2D eigenvalue weighted by molar-refractivity contribution is -0.114. The van der Waals surface area contributed by atoms with Gasteiger partial charge in [0.05, 0.1) is 5.69 Å². The summed E-state index contributed by atoms with van der Waals surface area (Å²) in [7, 11) is 0. The van der Waals surface area contributed by atoms with Crippen LogP contribution in [-0.4, -0.2) is 30.2 Å². The van der Waals surface area contributed by atoms with Crippen molar-refractivity contribution in [1.82, 2.24) is 4.90 Å². The molecule has 0 saturated heterocycles. The average molecular weight is 243 g/mol. The van der Waals surface area contributed by atoms with Gasteiger partial charge in [-0.25, -0.2) is 0 Å². The first-order valence-corrected chi connectivity index (χ1v) is 6.08. The molecule has 18 heavy (non-hydrogen) atoms. The molecule has 94 valence electrons. The smallest absolute Gasteiger partial charge is 0.215 e. The number of para-hydroxylation sites is 1. The highest BCUT2D eigenvalue weighted by molar-refractivity contribution is 5.93. The van der Waals surface area contributed by atoms with E-state index >= 15 is 0 Å². The van der Waals surface area contributed by atoms with Crippen molar-refractivity contribution >= 4 is 17.9 Å². The Kier molecular flexibility index (Phi) is 4.12. The van der Waals surface area contributed by atoms with E-state index in [9.17, 15) is 4.79 Å². The zero-order valence-corrected chi connectivity index (χ0v) is 10.5. The lowest BCUT2D eigenvalue weighted by Crippen LogP contribution is -2.28. The molecule has 0 fully saturated rings. The van der Waals surface area contributed by atoms with E-state index < -0.39 is 0 Å². The fourth-order valence-corrected chi connectivity index (χ4v) is 1.86. The van der Waals surface area contributed by atoms with Crippen molar-refractivity contribution in [3.63, 3.8) is 0 Å². The lowest BCUT2D eigenvalue weighted by atomic mass is 10.3. The Morgan fingerprint density at radius 1 is 1.39 bits per heavy atom. The quantitative estimate of drug-likeness (QED) is 0.600. The zero-order valence-electron chi connectivity index (χ0n) is 10.5. The number of hydrazone groups is 1. The molecule has 1 aromatic carbocycles. The standard InChI is InChI=1S/C14H17N3O/c1-2-3-10-16(12-18)14-9-11-17(15-14)13-7-5-4-6-8-13/h2-8,12H,9-11H2,1H3/b3-2+. The van der Waals surface area contributed by atoms with E-state index in [1.807, 2.05) is 54.4 Å². The molecule has 4 heteroatoms. The van der Waals surface area contributed by atoms with Crippen LogP contribution in [0.3, 0.4) is 0 Å². The maximum Gasteiger partial charge on any atom is 0.215 e. The van der Waals surface area contributed by atoms with Crippen LogP contribution in [0.25, 0.3) is 0 Å². The van der Waals surface area contributed by atoms with Crippen LogP contribution in [0.2, 0.25) is 0 Å². The predicted octanol–water partition coefficient (Wildman–Crippen LogP) is 2.24. The van der Waals surface area contributed by atoms with Gasteiger partial charge in [0.1, 0.15) is 5.84 Å². The minimum absolute atomic E-state index is 0.585. The van der Waals surface area contributed by atoms with Gasteiger partial charge < -0.3 is 0 Å². The fourth-order valence-electron chi connectivity index (χ4n) is 1.86. The van der Waals surface area contributed by atoms with Crippen molar-refractivity contribution in [3.05, 3.63) is 42.5 Å². The summed E-state index contributed by atoms with van der Waals surface area (Å²) in [5.41, 5.74) is 1.06. The Morgan fingerprint density at radius 3 is 2.83 bits per heavy atom. The van der Waals surface area contributed by atoms with Gasteiger partial charge in [0.15, 0.2) is 0 Å². The molecule has 1 aliphatic rings. The van der Waals surface area contributed by atoms with Crippen LogP contribution in [0.4, 0.5) is 5.69 Å². The van der Waals surface area contributed by atoms with E-state index in [0.29, 0.717) is 6.54 Å². The van der Waals surface area contributed by atoms with Crippen molar-refractivity contribution in [1.29, 1.82) is 0 Å². The van der Waals surface area contributed by atoms with E-state index in [0.717, 1.165) is 30.9 Å². The number of amides is 1. The number of nitrogens with zero attached hydrogens (tertiary/aromatic N) is 3. The first-order chi connectivity index (χ1) is 8.85. The molecule has 4 nitrogen and oxygen atoms in total. The molecule has 1 aliphatic heterocycles. The van der Waals surface area contributed by atoms with Gasteiger partial charge in [0, 0.05) is 19.5 Å². The fraction of sp³-hybridized carbons (Fsp3) is 0.286. The first-order valence-electron chi connectivity index (χ1n) is 6.08. The van der Waals surface area contributed by atoms with E-state index in [2.05, 4.69) is 5.10 Å². The van der Waals surface area contributed by atoms with E-state index in [1.54, 1.807) is 4.90 Å². The second-order valence-corrected chi connectivity index (χ2v) is 4.05. The molecule has 0 unspecified atom stereocenters. The van der Waals surface area contributed by atoms with Crippen molar-refractivity contribution < 1.29 is 4.79 Å². The van der Waals surface area contributed by atoms with E-state index in [-0.39, 0.29) is 0 Å². The molecule has 0 aliphatic carbocycles. The molecule has 0 radical (unpaired) electrons. The van der Waals surface area contributed by atoms with Crippen LogP contribution in [-0.2, 0) is 4.79 Å². The number of benzene rings is 1. The molecule has 0 bridgehead atoms. The topological polar surface area (TPSA) is 35.9 Å². The molecule has 0 spiro atoms. The van der Waals surface area contributed by atoms with Crippen LogP contribution in [0.1, 0.15) is 13.3 Å². The normalized spacial score (nSPS) is 14.9. The molecule has 0 aromatic heterocycles. The van der Waals surface area contributed by atoms with Gasteiger partial charge in [-0.3, -0.25) is 14.7 Å². The van der Waals surface area contributed by atoms with Gasteiger partial charge in [-0.2, -0.15) is 5.10 Å². The van der Waals surface area contributed by atoms with Crippen LogP contribution >= 0.6 is 0 Å². The van der Waals surface area contributed by atoms with Crippen molar-refractivity contribution in [3.8, 4) is 0 Å². The molecular weight excluding hydrogens is 226 g/mol. The van der Waals surface area contributed by atoms with Crippen LogP contribution in [0.5, 0.6) is 0 Å². The lowest BCUT2D eigenvalue weighted by Gasteiger charge is -2.14. The van der Waals surface area contributed by atoms with Crippen LogP contribution < -0.4 is 5.01 Å². The summed E-state index contributed by atoms with van der Waals surface area (Å²) in [5, 5.41) is 6.43. The average Bonchev–Trinajstić information content (AvgIpc) is 2.90. The number of hydrogen-bond acceptors (Lipinski definition) is 3. The largest absolute Gasteiger partial charge is 0.298 e. The number of rotatable bonds is 4. The molecule has 0 N–H and O–H groups in total. The highest BCUT2D eigenvalue weighted by Crippen LogP contribution is 2.19. The van der Waals surface area contributed by atoms with Gasteiger partial charge >= 0.3 is 0 Å². The minimum Gasteiger partial charge on any atom is -0.298 e. The van der Waals surface area contributed by atoms with Gasteiger partial charge in [-0.15, -0.1) is 0 Å². The third kappa shape index (κ3) is 2.77. The molecule has 0 atom stereocenters. The highest BCUT2D eigenvalue weighted by Gasteiger charge is 2.19. The molecule has 0 saturated carbocycles. The van der Waals surface area contributed by atoms with Crippen molar-refractivity contribution in [2.24, 2.45) is 5.10 Å². The monoisotopic (exact) mass is 243 g/mol. The molecular formula is C14H17N3O. The molecule has 2 rings (SSSR count). The summed E-state index contributed by atoms with van der Waals surface area (Å²) >= 11 is 0. The maximum atomic E-state index is 11.0. The third-order valence-electron chi connectivity index (χ3n) is 2.83. The summed E-state index contributed by atoms with van der Waals surface area (Å²) in [6.07, 6.45) is 5.52. The summed E-state index contributed by atoms with van der Waals surface area (Å²) in [6.45, 7) is 3.34. The van der Waals surface area contributed by atoms with Crippen molar-refractivity contribution in [2.45, 2.75) is 13.3 Å². The highest BCUT2D eigenvalue weighted by atomic mass is 16.1. The Hall–Kier alpha value is -2.10. The Balaban J connectivity index is 2.09. The minimum atomic E-state index is 0.585. The van der Waals surface area contributed by atoms with Crippen LogP contribution in [0, 0.1) is 0 Å². The van der Waals surface area contributed by atoms with E-state index in [1.165, 1.54) is 0 Å². The number of anilines is 1. The summed E-state index contributed by atoms with van der Waals surface area (Å²) in [4.78, 5) is 12.7. The first kappa shape index (κ1) is 12.4. The van der Waals surface area contributed by atoms with Gasteiger partial charge in [0.25, 0.3) is 0 Å². The maximum absolute atomic E-state index is 11.0. The Bertz CT molecular complexity index is 453. The number of hydrogen-bond donors (Lipinski definition) is 0. The number of amidine groups is 1. The van der Waals surface area contributed by atoms with Crippen LogP contribution in [0.15, 0.2) is 47.6 Å². The second kappa shape index (κ2) is 6.00. The summed E-state index contributed by atoms with van der Waals surface area (Å²) < 4.78 is 0. The summed E-state index contributed by atoms with van der Waals surface area (Å²) in [6, 6.07) is 9.99. The Morgan fingerprint density at radius 2 is 2.17 bits per heavy atom. The number of carbonyl (C=O) groups is 1. The number of allylic oxidation sites excluding steroid dienone is 1. The zero-order chi connectivity index (χ0) is 12.8. The summed E-state index contributed by atoms with van der Waals surface area (Å²) in [5.74, 6) is 0.826. The third-order valence-corrected chi connectivity index (χ3v) is 2.83. The van der Waals surface area contributed by atoms with Gasteiger partial charge in [0.2, 0.25) is 6.41 Å². The molecule has 1 amide bonds. The Labute approximate surface area is 107 Å². The number of carbonyl (C=O) groups excluding carboxylic acids is 1. The van der Waals surface area contributed by atoms with Gasteiger partial charge in [-0.05, 0) is 19.1 Å².